The number of nitrogens with two attached hydrogens (primary N) is 4. The van der Waals surface area contributed by atoms with Gasteiger partial charge in [0.2, 0.25) is 35.4 Å². The van der Waals surface area contributed by atoms with Gasteiger partial charge in [0, 0.05) is 12.8 Å². The van der Waals surface area contributed by atoms with Gasteiger partial charge < -0.3 is 54.4 Å². The minimum atomic E-state index is -1.63. The second kappa shape index (κ2) is 19.3. The number of amides is 6. The van der Waals surface area contributed by atoms with Gasteiger partial charge in [-0.2, -0.15) is 0 Å². The molecule has 0 unspecified atom stereocenters. The highest BCUT2D eigenvalue weighted by Crippen LogP contribution is 2.07. The van der Waals surface area contributed by atoms with Crippen molar-refractivity contribution in [2.75, 3.05) is 13.2 Å². The molecular formula is C24H44N8O9. The molecule has 0 spiro atoms. The highest BCUT2D eigenvalue weighted by atomic mass is 16.4. The summed E-state index contributed by atoms with van der Waals surface area (Å²) in [5.74, 6) is -6.72. The van der Waals surface area contributed by atoms with Crippen LogP contribution in [0.5, 0.6) is 0 Å². The van der Waals surface area contributed by atoms with E-state index in [1.807, 2.05) is 0 Å². The van der Waals surface area contributed by atoms with Crippen LogP contribution in [-0.2, 0) is 33.6 Å². The van der Waals surface area contributed by atoms with E-state index >= 15 is 0 Å². The Morgan fingerprint density at radius 2 is 1.05 bits per heavy atom. The van der Waals surface area contributed by atoms with Crippen LogP contribution in [-0.4, -0.2) is 95.0 Å². The summed E-state index contributed by atoms with van der Waals surface area (Å²) in [7, 11) is 0. The first-order valence-corrected chi connectivity index (χ1v) is 13.2. The van der Waals surface area contributed by atoms with Crippen molar-refractivity contribution in [1.82, 2.24) is 21.3 Å². The van der Waals surface area contributed by atoms with Crippen molar-refractivity contribution >= 4 is 41.4 Å². The van der Waals surface area contributed by atoms with Crippen molar-refractivity contribution < 1.29 is 43.8 Å². The van der Waals surface area contributed by atoms with Crippen LogP contribution >= 0.6 is 0 Å². The molecule has 0 aromatic rings. The molecule has 17 heteroatoms. The Morgan fingerprint density at radius 3 is 1.39 bits per heavy atom. The SMILES string of the molecule is CC(C)[C@H](N)C(=O)N[C@@H](CCC(N)=O)C(=O)N[C@@H](CCC(N)=O)C(=O)N[C@@H](CCCCN)C(=O)N[C@@H](CO)C(=O)O. The Morgan fingerprint density at radius 1 is 0.659 bits per heavy atom. The lowest BCUT2D eigenvalue weighted by molar-refractivity contribution is -0.143. The minimum Gasteiger partial charge on any atom is -0.480 e. The van der Waals surface area contributed by atoms with Gasteiger partial charge >= 0.3 is 5.97 Å². The number of primary amides is 2. The smallest absolute Gasteiger partial charge is 0.328 e. The van der Waals surface area contributed by atoms with E-state index in [1.165, 1.54) is 0 Å². The molecular weight excluding hydrogens is 544 g/mol. The van der Waals surface area contributed by atoms with Gasteiger partial charge in [-0.05, 0) is 44.6 Å². The molecule has 0 aliphatic rings. The van der Waals surface area contributed by atoms with Gasteiger partial charge in [0.15, 0.2) is 0 Å². The molecule has 41 heavy (non-hydrogen) atoms. The number of carboxylic acids is 1. The van der Waals surface area contributed by atoms with E-state index in [-0.39, 0.29) is 44.6 Å². The molecule has 0 rings (SSSR count). The van der Waals surface area contributed by atoms with E-state index in [2.05, 4.69) is 21.3 Å². The summed E-state index contributed by atoms with van der Waals surface area (Å²) in [6, 6.07) is -6.65. The maximum Gasteiger partial charge on any atom is 0.328 e. The zero-order valence-electron chi connectivity index (χ0n) is 23.4. The fourth-order valence-electron chi connectivity index (χ4n) is 3.45. The van der Waals surface area contributed by atoms with Crippen LogP contribution < -0.4 is 44.2 Å². The van der Waals surface area contributed by atoms with Gasteiger partial charge in [-0.1, -0.05) is 13.8 Å². The third-order valence-corrected chi connectivity index (χ3v) is 6.02. The Hall–Kier alpha value is -3.83. The molecule has 0 aliphatic heterocycles. The fraction of sp³-hybridized carbons (Fsp3) is 0.708. The highest BCUT2D eigenvalue weighted by Gasteiger charge is 2.32. The monoisotopic (exact) mass is 588 g/mol. The zero-order valence-corrected chi connectivity index (χ0v) is 23.4. The van der Waals surface area contributed by atoms with E-state index in [0.717, 1.165) is 0 Å². The lowest BCUT2D eigenvalue weighted by Crippen LogP contribution is -2.59. The molecule has 0 bridgehead atoms. The van der Waals surface area contributed by atoms with Gasteiger partial charge in [0.05, 0.1) is 12.6 Å². The molecule has 17 nitrogen and oxygen atoms in total. The molecule has 0 heterocycles. The average Bonchev–Trinajstić information content (AvgIpc) is 2.89. The van der Waals surface area contributed by atoms with E-state index < -0.39 is 78.2 Å². The molecule has 5 atom stereocenters. The van der Waals surface area contributed by atoms with E-state index in [4.69, 9.17) is 28.0 Å². The number of aliphatic hydroxyl groups is 1. The van der Waals surface area contributed by atoms with E-state index in [0.29, 0.717) is 12.8 Å². The van der Waals surface area contributed by atoms with Crippen LogP contribution in [0.3, 0.4) is 0 Å². The number of unbranched alkanes of at least 4 members (excludes halogenated alkanes) is 1. The van der Waals surface area contributed by atoms with Crippen LogP contribution in [0.4, 0.5) is 0 Å². The first-order chi connectivity index (χ1) is 19.1. The van der Waals surface area contributed by atoms with Crippen molar-refractivity contribution in [2.24, 2.45) is 28.9 Å². The Kier molecular flexibility index (Phi) is 17.5. The molecule has 0 aromatic carbocycles. The molecule has 0 aliphatic carbocycles. The van der Waals surface area contributed by atoms with Gasteiger partial charge in [-0.15, -0.1) is 0 Å². The summed E-state index contributed by atoms with van der Waals surface area (Å²) in [6.45, 7) is 2.76. The molecule has 14 N–H and O–H groups in total. The molecule has 0 saturated carbocycles. The molecule has 6 amide bonds. The maximum atomic E-state index is 13.2. The summed E-state index contributed by atoms with van der Waals surface area (Å²) >= 11 is 0. The topological polar surface area (TPSA) is 312 Å². The largest absolute Gasteiger partial charge is 0.480 e. The summed E-state index contributed by atoms with van der Waals surface area (Å²) in [6.07, 6.45) is -0.264. The lowest BCUT2D eigenvalue weighted by Gasteiger charge is -2.26. The number of carbonyl (C=O) groups excluding carboxylic acids is 6. The van der Waals surface area contributed by atoms with Crippen LogP contribution in [0.25, 0.3) is 0 Å². The van der Waals surface area contributed by atoms with Crippen molar-refractivity contribution in [3.05, 3.63) is 0 Å². The second-order valence-electron chi connectivity index (χ2n) is 9.83. The van der Waals surface area contributed by atoms with E-state index in [1.54, 1.807) is 13.8 Å². The summed E-state index contributed by atoms with van der Waals surface area (Å²) in [5, 5.41) is 27.7. The van der Waals surface area contributed by atoms with Crippen molar-refractivity contribution in [3.63, 3.8) is 0 Å². The molecule has 234 valence electrons. The summed E-state index contributed by atoms with van der Waals surface area (Å²) < 4.78 is 0. The quantitative estimate of drug-likeness (QED) is 0.0571. The predicted molar refractivity (Wildman–Crippen MR) is 145 cm³/mol. The third-order valence-electron chi connectivity index (χ3n) is 6.02. The minimum absolute atomic E-state index is 0.0351. The van der Waals surface area contributed by atoms with Crippen LogP contribution in [0.2, 0.25) is 0 Å². The molecule has 0 saturated heterocycles. The van der Waals surface area contributed by atoms with Gasteiger partial charge in [0.1, 0.15) is 24.2 Å². The predicted octanol–water partition coefficient (Wildman–Crippen LogP) is -4.35. The van der Waals surface area contributed by atoms with Crippen molar-refractivity contribution in [1.29, 1.82) is 0 Å². The number of nitrogens with one attached hydrogen (secondary N) is 4. The Balaban J connectivity index is 5.94. The zero-order chi connectivity index (χ0) is 31.7. The average molecular weight is 589 g/mol. The van der Waals surface area contributed by atoms with Crippen LogP contribution in [0, 0.1) is 5.92 Å². The van der Waals surface area contributed by atoms with Crippen molar-refractivity contribution in [2.45, 2.75) is 89.0 Å². The summed E-state index contributed by atoms with van der Waals surface area (Å²) in [5.41, 5.74) is 21.7. The highest BCUT2D eigenvalue weighted by molar-refractivity contribution is 5.95. The van der Waals surface area contributed by atoms with E-state index in [9.17, 15) is 38.7 Å². The number of carboxylic acid groups (broad SMARTS) is 1. The Bertz CT molecular complexity index is 931. The molecule has 0 radical (unpaired) electrons. The number of aliphatic hydroxyl groups excluding tert-OH is 1. The van der Waals surface area contributed by atoms with Gasteiger partial charge in [-0.25, -0.2) is 4.79 Å². The number of hydrogen-bond donors (Lipinski definition) is 10. The van der Waals surface area contributed by atoms with Gasteiger partial charge in [-0.3, -0.25) is 28.8 Å². The first-order valence-electron chi connectivity index (χ1n) is 13.2. The number of hydrogen-bond acceptors (Lipinski definition) is 10. The maximum absolute atomic E-state index is 13.2. The number of carbonyl (C=O) groups is 7. The Labute approximate surface area is 237 Å². The second-order valence-corrected chi connectivity index (χ2v) is 9.83. The number of aliphatic carboxylic acids is 1. The normalized spacial score (nSPS) is 14.6. The number of rotatable bonds is 21. The van der Waals surface area contributed by atoms with Crippen LogP contribution in [0.1, 0.15) is 58.8 Å². The van der Waals surface area contributed by atoms with Crippen molar-refractivity contribution in [3.8, 4) is 0 Å². The standard InChI is InChI=1S/C24H44N8O9/c1-12(2)19(28)23(39)31-15(7-9-18(27)35)22(38)30-14(6-8-17(26)34)21(37)29-13(5-3-4-10-25)20(36)32-16(11-33)24(40)41/h12-16,19,33H,3-11,25,28H2,1-2H3,(H2,26,34)(H2,27,35)(H,29,37)(H,30,38)(H,31,39)(H,32,36)(H,40,41)/t13-,14-,15-,16-,19-/m0/s1. The fourth-order valence-corrected chi connectivity index (χ4v) is 3.45. The first kappa shape index (κ1) is 37.2. The third kappa shape index (κ3) is 14.9. The molecule has 0 fully saturated rings. The van der Waals surface area contributed by atoms with Crippen LogP contribution in [0.15, 0.2) is 0 Å². The lowest BCUT2D eigenvalue weighted by atomic mass is 10.0. The summed E-state index contributed by atoms with van der Waals surface area (Å²) in [4.78, 5) is 85.6. The molecule has 0 aromatic heterocycles. The van der Waals surface area contributed by atoms with Gasteiger partial charge in [0.25, 0.3) is 0 Å².